The lowest BCUT2D eigenvalue weighted by Crippen LogP contribution is -2.36. The van der Waals surface area contributed by atoms with E-state index in [2.05, 4.69) is 10.6 Å². The number of hydrogen-bond acceptors (Lipinski definition) is 6. The Labute approximate surface area is 173 Å². The number of thiocarbonyl (C=S) groups is 2. The van der Waals surface area contributed by atoms with E-state index in [0.29, 0.717) is 13.1 Å². The van der Waals surface area contributed by atoms with E-state index in [9.17, 15) is 16.8 Å². The van der Waals surface area contributed by atoms with Crippen LogP contribution in [0.2, 0.25) is 0 Å². The molecule has 2 aromatic carbocycles. The van der Waals surface area contributed by atoms with E-state index in [4.69, 9.17) is 33.5 Å². The highest BCUT2D eigenvalue weighted by molar-refractivity contribution is 7.89. The van der Waals surface area contributed by atoms with Gasteiger partial charge in [0.25, 0.3) is 20.2 Å². The molecule has 0 unspecified atom stereocenters. The molecule has 0 saturated heterocycles. The largest absolute Gasteiger partial charge is 0.370 e. The molecular weight excluding hydrogens is 444 g/mol. The van der Waals surface area contributed by atoms with Crippen molar-refractivity contribution in [3.05, 3.63) is 59.7 Å². The van der Waals surface area contributed by atoms with Gasteiger partial charge in [0.05, 0.1) is 9.79 Å². The van der Waals surface area contributed by atoms with Gasteiger partial charge in [-0.15, -0.1) is 0 Å². The minimum Gasteiger partial charge on any atom is -0.370 e. The van der Waals surface area contributed by atoms with Gasteiger partial charge in [-0.1, -0.05) is 48.7 Å². The maximum atomic E-state index is 11.0. The van der Waals surface area contributed by atoms with Gasteiger partial charge in [-0.2, -0.15) is 16.8 Å². The van der Waals surface area contributed by atoms with Gasteiger partial charge in [-0.05, 0) is 35.4 Å². The molecule has 0 aliphatic carbocycles. The van der Waals surface area contributed by atoms with Gasteiger partial charge in [-0.3, -0.25) is 9.11 Å². The molecule has 0 amide bonds. The molecular formula is C16H16N2O6S4. The van der Waals surface area contributed by atoms with Crippen molar-refractivity contribution >= 4 is 54.6 Å². The lowest BCUT2D eigenvalue weighted by atomic mass is 10.2. The van der Waals surface area contributed by atoms with Crippen molar-refractivity contribution in [2.75, 3.05) is 0 Å². The summed E-state index contributed by atoms with van der Waals surface area (Å²) in [6, 6.07) is 11.3. The molecule has 0 bridgehead atoms. The van der Waals surface area contributed by atoms with Crippen LogP contribution in [0.3, 0.4) is 0 Å². The predicted octanol–water partition coefficient (Wildman–Crippen LogP) is 1.71. The van der Waals surface area contributed by atoms with Gasteiger partial charge in [0, 0.05) is 13.1 Å². The van der Waals surface area contributed by atoms with Crippen molar-refractivity contribution in [1.29, 1.82) is 0 Å². The number of benzene rings is 2. The highest BCUT2D eigenvalue weighted by atomic mass is 32.2. The Morgan fingerprint density at radius 3 is 1.21 bits per heavy atom. The summed E-state index contributed by atoms with van der Waals surface area (Å²) in [6.07, 6.45) is 0. The zero-order chi connectivity index (χ0) is 20.9. The summed E-state index contributed by atoms with van der Waals surface area (Å²) in [6.45, 7) is 0.602. The van der Waals surface area contributed by atoms with Crippen LogP contribution in [0.4, 0.5) is 0 Å². The normalized spacial score (nSPS) is 11.6. The minimum atomic E-state index is -4.23. The summed E-state index contributed by atoms with van der Waals surface area (Å²) >= 11 is 10.4. The molecule has 150 valence electrons. The first-order valence-corrected chi connectivity index (χ1v) is 11.4. The molecule has 0 fully saturated rings. The summed E-state index contributed by atoms with van der Waals surface area (Å²) in [5, 5.41) is 5.85. The molecule has 2 rings (SSSR count). The SMILES string of the molecule is O=S(=O)(O)c1ccc(CNC(=S)C(=S)NCc2ccc(S(=O)(=O)O)cc2)cc1. The Balaban J connectivity index is 1.85. The number of nitrogens with one attached hydrogen (secondary N) is 2. The van der Waals surface area contributed by atoms with Crippen molar-refractivity contribution in [2.24, 2.45) is 0 Å². The zero-order valence-corrected chi connectivity index (χ0v) is 17.5. The van der Waals surface area contributed by atoms with Gasteiger partial charge >= 0.3 is 0 Å². The van der Waals surface area contributed by atoms with Crippen LogP contribution in [-0.2, 0) is 33.3 Å². The molecule has 2 aromatic rings. The lowest BCUT2D eigenvalue weighted by molar-refractivity contribution is 0.481. The van der Waals surface area contributed by atoms with Crippen molar-refractivity contribution in [3.8, 4) is 0 Å². The molecule has 0 aromatic heterocycles. The van der Waals surface area contributed by atoms with E-state index in [1.165, 1.54) is 48.5 Å². The Kier molecular flexibility index (Phi) is 7.20. The quantitative estimate of drug-likeness (QED) is 0.373. The third kappa shape index (κ3) is 6.58. The van der Waals surface area contributed by atoms with Gasteiger partial charge in [0.15, 0.2) is 0 Å². The highest BCUT2D eigenvalue weighted by Gasteiger charge is 2.10. The smallest absolute Gasteiger partial charge is 0.294 e. The second-order valence-corrected chi connectivity index (χ2v) is 9.26. The monoisotopic (exact) mass is 460 g/mol. The Morgan fingerprint density at radius 2 is 0.964 bits per heavy atom. The highest BCUT2D eigenvalue weighted by Crippen LogP contribution is 2.11. The Morgan fingerprint density at radius 1 is 0.679 bits per heavy atom. The summed E-state index contributed by atoms with van der Waals surface area (Å²) in [5.41, 5.74) is 1.47. The molecule has 8 nitrogen and oxygen atoms in total. The summed E-state index contributed by atoms with van der Waals surface area (Å²) < 4.78 is 61.9. The summed E-state index contributed by atoms with van der Waals surface area (Å²) in [7, 11) is -8.47. The Hall–Kier alpha value is -1.96. The maximum absolute atomic E-state index is 11.0. The van der Waals surface area contributed by atoms with Crippen LogP contribution in [0.1, 0.15) is 11.1 Å². The van der Waals surface area contributed by atoms with Crippen LogP contribution in [0.25, 0.3) is 0 Å². The van der Waals surface area contributed by atoms with Crippen LogP contribution in [0, 0.1) is 0 Å². The number of rotatable bonds is 6. The van der Waals surface area contributed by atoms with Crippen LogP contribution in [-0.4, -0.2) is 35.9 Å². The molecule has 0 radical (unpaired) electrons. The second-order valence-electron chi connectivity index (χ2n) is 5.60. The third-order valence-corrected chi connectivity index (χ3v) is 6.12. The fraction of sp³-hybridized carbons (Fsp3) is 0.125. The van der Waals surface area contributed by atoms with Crippen molar-refractivity contribution < 1.29 is 25.9 Å². The van der Waals surface area contributed by atoms with Crippen LogP contribution in [0.15, 0.2) is 58.3 Å². The van der Waals surface area contributed by atoms with Gasteiger partial charge in [0.2, 0.25) is 0 Å². The van der Waals surface area contributed by atoms with Gasteiger partial charge in [-0.25, -0.2) is 0 Å². The van der Waals surface area contributed by atoms with E-state index in [1.807, 2.05) is 0 Å². The van der Waals surface area contributed by atoms with E-state index in [1.54, 1.807) is 0 Å². The molecule has 0 aliphatic rings. The number of hydrogen-bond donors (Lipinski definition) is 4. The van der Waals surface area contributed by atoms with E-state index < -0.39 is 20.2 Å². The van der Waals surface area contributed by atoms with Gasteiger partial charge in [0.1, 0.15) is 9.98 Å². The van der Waals surface area contributed by atoms with E-state index in [0.717, 1.165) is 11.1 Å². The molecule has 0 atom stereocenters. The van der Waals surface area contributed by atoms with Crippen molar-refractivity contribution in [1.82, 2.24) is 10.6 Å². The van der Waals surface area contributed by atoms with E-state index >= 15 is 0 Å². The third-order valence-electron chi connectivity index (χ3n) is 3.55. The van der Waals surface area contributed by atoms with Crippen LogP contribution in [0.5, 0.6) is 0 Å². The lowest BCUT2D eigenvalue weighted by Gasteiger charge is -2.12. The minimum absolute atomic E-state index is 0.198. The molecule has 0 aliphatic heterocycles. The predicted molar refractivity (Wildman–Crippen MR) is 111 cm³/mol. The molecule has 0 heterocycles. The zero-order valence-electron chi connectivity index (χ0n) is 14.2. The Bertz CT molecular complexity index is 989. The maximum Gasteiger partial charge on any atom is 0.294 e. The molecule has 0 spiro atoms. The first kappa shape index (κ1) is 22.3. The van der Waals surface area contributed by atoms with Crippen LogP contribution < -0.4 is 10.6 Å². The molecule has 0 saturated carbocycles. The summed E-state index contributed by atoms with van der Waals surface area (Å²) in [4.78, 5) is 0.166. The standard InChI is InChI=1S/C16H16N2O6S4/c19-27(20,21)13-5-1-11(2-6-13)9-17-15(25)16(26)18-10-12-3-7-14(8-4-12)28(22,23)24/h1-8H,9-10H2,(H,17,25)(H,18,26)(H,19,20,21)(H,22,23,24). The topological polar surface area (TPSA) is 133 Å². The first-order valence-electron chi connectivity index (χ1n) is 7.66. The summed E-state index contributed by atoms with van der Waals surface area (Å²) in [5.74, 6) is 0. The van der Waals surface area contributed by atoms with Crippen molar-refractivity contribution in [2.45, 2.75) is 22.9 Å². The molecule has 12 heteroatoms. The average molecular weight is 461 g/mol. The molecule has 28 heavy (non-hydrogen) atoms. The van der Waals surface area contributed by atoms with Gasteiger partial charge < -0.3 is 10.6 Å². The van der Waals surface area contributed by atoms with Crippen LogP contribution >= 0.6 is 24.4 Å². The molecule has 4 N–H and O–H groups in total. The first-order chi connectivity index (χ1) is 13.0. The fourth-order valence-corrected chi connectivity index (χ4v) is 3.33. The average Bonchev–Trinajstić information content (AvgIpc) is 2.63. The second kappa shape index (κ2) is 9.03. The van der Waals surface area contributed by atoms with E-state index in [-0.39, 0.29) is 19.8 Å². The van der Waals surface area contributed by atoms with Crippen molar-refractivity contribution in [3.63, 3.8) is 0 Å². The fourth-order valence-electron chi connectivity index (χ4n) is 2.08.